The average Bonchev–Trinajstić information content (AvgIpc) is 3.13. The Labute approximate surface area is 166 Å². The number of thiophene rings is 1. The van der Waals surface area contributed by atoms with Crippen LogP contribution in [-0.4, -0.2) is 37.4 Å². The molecule has 6 nitrogen and oxygen atoms in total. The Balaban J connectivity index is 1.83. The molecule has 1 aromatic heterocycles. The maximum absolute atomic E-state index is 11.9. The van der Waals surface area contributed by atoms with E-state index in [1.165, 1.54) is 0 Å². The fourth-order valence-corrected chi connectivity index (χ4v) is 4.74. The number of ether oxygens (including phenoxy) is 1. The Bertz CT molecular complexity index is 1080. The third-order valence-corrected chi connectivity index (χ3v) is 6.23. The summed E-state index contributed by atoms with van der Waals surface area (Å²) < 4.78 is 5.38. The number of nitrogens with zero attached hydrogens (tertiary/aromatic N) is 2. The van der Waals surface area contributed by atoms with E-state index >= 15 is 0 Å². The van der Waals surface area contributed by atoms with Crippen molar-refractivity contribution in [3.63, 3.8) is 0 Å². The molecule has 1 fully saturated rings. The molecule has 0 amide bonds. The molecule has 0 spiro atoms. The van der Waals surface area contributed by atoms with Gasteiger partial charge in [-0.3, -0.25) is 0 Å². The van der Waals surface area contributed by atoms with Gasteiger partial charge in [-0.05, 0) is 22.4 Å². The first-order valence-corrected chi connectivity index (χ1v) is 9.79. The molecule has 1 aliphatic rings. The molecule has 3 N–H and O–H groups in total. The Morgan fingerprint density at radius 3 is 2.61 bits per heavy atom. The van der Waals surface area contributed by atoms with Crippen LogP contribution in [0.5, 0.6) is 0 Å². The van der Waals surface area contributed by atoms with E-state index in [4.69, 9.17) is 10.5 Å². The number of anilines is 1. The number of nitriles is 1. The largest absolute Gasteiger partial charge is 0.477 e. The summed E-state index contributed by atoms with van der Waals surface area (Å²) in [5.74, 6) is -1.06. The molecule has 4 rings (SSSR count). The van der Waals surface area contributed by atoms with E-state index in [1.807, 2.05) is 47.4 Å². The second-order valence-electron chi connectivity index (χ2n) is 6.63. The first kappa shape index (κ1) is 18.4. The molecule has 0 bridgehead atoms. The molecule has 2 heterocycles. The maximum Gasteiger partial charge on any atom is 0.346 e. The van der Waals surface area contributed by atoms with Crippen molar-refractivity contribution < 1.29 is 14.6 Å². The fraction of sp³-hybridized carbons (Fsp3) is 0.238. The van der Waals surface area contributed by atoms with Crippen molar-refractivity contribution in [1.29, 1.82) is 5.26 Å². The van der Waals surface area contributed by atoms with Crippen LogP contribution in [0, 0.1) is 11.3 Å². The predicted molar refractivity (Wildman–Crippen MR) is 109 cm³/mol. The highest BCUT2D eigenvalue weighted by molar-refractivity contribution is 7.18. The molecule has 2 aromatic carbocycles. The van der Waals surface area contributed by atoms with Gasteiger partial charge in [0.05, 0.1) is 24.8 Å². The smallest absolute Gasteiger partial charge is 0.346 e. The first-order chi connectivity index (χ1) is 13.6. The number of benzene rings is 2. The average molecular weight is 393 g/mol. The van der Waals surface area contributed by atoms with Gasteiger partial charge in [-0.15, -0.1) is 11.3 Å². The number of carbonyl (C=O) groups is 1. The molecule has 0 radical (unpaired) electrons. The van der Waals surface area contributed by atoms with Gasteiger partial charge < -0.3 is 20.5 Å². The molecule has 1 atom stereocenters. The number of hydrogen-bond acceptors (Lipinski definition) is 6. The highest BCUT2D eigenvalue weighted by Crippen LogP contribution is 2.41. The minimum atomic E-state index is -1.06. The summed E-state index contributed by atoms with van der Waals surface area (Å²) in [6.07, 6.45) is 0. The Kier molecular flexibility index (Phi) is 5.01. The SMILES string of the molecule is N#Cc1c(N2CCOCC2)sc(C(=O)O)c1C(N)c1ccc2ccccc2c1. The Morgan fingerprint density at radius 1 is 1.21 bits per heavy atom. The number of morpholine rings is 1. The third kappa shape index (κ3) is 3.22. The molecule has 28 heavy (non-hydrogen) atoms. The zero-order valence-electron chi connectivity index (χ0n) is 15.1. The van der Waals surface area contributed by atoms with Crippen LogP contribution in [0.15, 0.2) is 42.5 Å². The summed E-state index contributed by atoms with van der Waals surface area (Å²) in [7, 11) is 0. The summed E-state index contributed by atoms with van der Waals surface area (Å²) in [6.45, 7) is 2.35. The van der Waals surface area contributed by atoms with Crippen LogP contribution in [0.4, 0.5) is 5.00 Å². The molecule has 7 heteroatoms. The third-order valence-electron chi connectivity index (χ3n) is 4.97. The molecule has 1 saturated heterocycles. The van der Waals surface area contributed by atoms with Gasteiger partial charge >= 0.3 is 5.97 Å². The monoisotopic (exact) mass is 393 g/mol. The van der Waals surface area contributed by atoms with Crippen molar-refractivity contribution >= 4 is 33.1 Å². The maximum atomic E-state index is 11.9. The second-order valence-corrected chi connectivity index (χ2v) is 7.62. The van der Waals surface area contributed by atoms with Crippen LogP contribution in [-0.2, 0) is 4.74 Å². The first-order valence-electron chi connectivity index (χ1n) is 8.97. The van der Waals surface area contributed by atoms with E-state index in [0.717, 1.165) is 27.7 Å². The van der Waals surface area contributed by atoms with Crippen LogP contribution >= 0.6 is 11.3 Å². The van der Waals surface area contributed by atoms with Gasteiger partial charge in [0.25, 0.3) is 0 Å². The van der Waals surface area contributed by atoms with Crippen molar-refractivity contribution in [2.24, 2.45) is 5.73 Å². The minimum absolute atomic E-state index is 0.124. The highest BCUT2D eigenvalue weighted by atomic mass is 32.1. The summed E-state index contributed by atoms with van der Waals surface area (Å²) in [6, 6.07) is 15.2. The summed E-state index contributed by atoms with van der Waals surface area (Å²) >= 11 is 1.12. The topological polar surface area (TPSA) is 99.6 Å². The zero-order valence-corrected chi connectivity index (χ0v) is 15.9. The Morgan fingerprint density at radius 2 is 1.93 bits per heavy atom. The lowest BCUT2D eigenvalue weighted by molar-refractivity contribution is 0.0700. The van der Waals surface area contributed by atoms with Gasteiger partial charge in [0.15, 0.2) is 0 Å². The molecule has 3 aromatic rings. The van der Waals surface area contributed by atoms with E-state index in [9.17, 15) is 15.2 Å². The van der Waals surface area contributed by atoms with Gasteiger partial charge in [-0.25, -0.2) is 4.79 Å². The normalized spacial score (nSPS) is 15.4. The van der Waals surface area contributed by atoms with Crippen LogP contribution in [0.2, 0.25) is 0 Å². The van der Waals surface area contributed by atoms with Gasteiger partial charge in [0.1, 0.15) is 15.9 Å². The van der Waals surface area contributed by atoms with E-state index in [1.54, 1.807) is 0 Å². The second kappa shape index (κ2) is 7.60. The van der Waals surface area contributed by atoms with Gasteiger partial charge in [-0.2, -0.15) is 5.26 Å². The van der Waals surface area contributed by atoms with Gasteiger partial charge in [0, 0.05) is 18.7 Å². The number of carboxylic acid groups (broad SMARTS) is 1. The molecule has 0 saturated carbocycles. The number of aromatic carboxylic acids is 1. The van der Waals surface area contributed by atoms with Crippen molar-refractivity contribution in [2.45, 2.75) is 6.04 Å². The van der Waals surface area contributed by atoms with Crippen LogP contribution < -0.4 is 10.6 Å². The van der Waals surface area contributed by atoms with Crippen LogP contribution in [0.3, 0.4) is 0 Å². The van der Waals surface area contributed by atoms with Crippen molar-refractivity contribution in [3.8, 4) is 6.07 Å². The zero-order chi connectivity index (χ0) is 19.7. The van der Waals surface area contributed by atoms with E-state index in [-0.39, 0.29) is 4.88 Å². The fourth-order valence-electron chi connectivity index (χ4n) is 3.55. The highest BCUT2D eigenvalue weighted by Gasteiger charge is 2.30. The number of carboxylic acids is 1. The molecular formula is C21H19N3O3S. The number of rotatable bonds is 4. The van der Waals surface area contributed by atoms with Gasteiger partial charge in [0.2, 0.25) is 0 Å². The summed E-state index contributed by atoms with van der Waals surface area (Å²) in [5, 5.41) is 22.4. The summed E-state index contributed by atoms with van der Waals surface area (Å²) in [5.41, 5.74) is 8.03. The molecule has 0 aliphatic carbocycles. The Hall–Kier alpha value is -2.92. The van der Waals surface area contributed by atoms with Crippen LogP contribution in [0.25, 0.3) is 10.8 Å². The molecular weight excluding hydrogens is 374 g/mol. The van der Waals surface area contributed by atoms with Crippen molar-refractivity contribution in [1.82, 2.24) is 0 Å². The lowest BCUT2D eigenvalue weighted by Crippen LogP contribution is -2.36. The number of nitrogens with two attached hydrogens (primary N) is 1. The predicted octanol–water partition coefficient (Wildman–Crippen LogP) is 3.36. The molecule has 1 unspecified atom stereocenters. The minimum Gasteiger partial charge on any atom is -0.477 e. The number of hydrogen-bond donors (Lipinski definition) is 2. The molecule has 142 valence electrons. The van der Waals surface area contributed by atoms with E-state index in [2.05, 4.69) is 6.07 Å². The van der Waals surface area contributed by atoms with Crippen LogP contribution in [0.1, 0.15) is 32.4 Å². The quantitative estimate of drug-likeness (QED) is 0.705. The lowest BCUT2D eigenvalue weighted by atomic mass is 9.94. The summed E-state index contributed by atoms with van der Waals surface area (Å²) in [4.78, 5) is 14.1. The standard InChI is InChI=1S/C21H19N3O3S/c22-12-16-17(18(23)15-6-5-13-3-1-2-4-14(13)11-15)19(21(25)26)28-20(16)24-7-9-27-10-8-24/h1-6,11,18H,7-10,23H2,(H,25,26). The van der Waals surface area contributed by atoms with Crippen molar-refractivity contribution in [2.75, 3.05) is 31.2 Å². The lowest BCUT2D eigenvalue weighted by Gasteiger charge is -2.27. The van der Waals surface area contributed by atoms with Crippen molar-refractivity contribution in [3.05, 3.63) is 64.0 Å². The van der Waals surface area contributed by atoms with E-state index < -0.39 is 12.0 Å². The van der Waals surface area contributed by atoms with Gasteiger partial charge in [-0.1, -0.05) is 36.4 Å². The molecule has 1 aliphatic heterocycles. The number of fused-ring (bicyclic) bond motifs is 1. The van der Waals surface area contributed by atoms with E-state index in [0.29, 0.717) is 42.4 Å².